The molecule has 4 rings (SSSR count). The molecule has 5 heteroatoms. The Bertz CT molecular complexity index is 894. The second-order valence-electron chi connectivity index (χ2n) is 7.49. The molecule has 25 heavy (non-hydrogen) atoms. The molecule has 0 radical (unpaired) electrons. The van der Waals surface area contributed by atoms with Gasteiger partial charge in [0.25, 0.3) is 0 Å². The second kappa shape index (κ2) is 5.77. The fraction of sp³-hybridized carbons (Fsp3) is 0.350. The molecule has 0 unspecified atom stereocenters. The molecule has 3 aromatic rings. The van der Waals surface area contributed by atoms with Crippen LogP contribution in [0.2, 0.25) is 0 Å². The first kappa shape index (κ1) is 16.0. The van der Waals surface area contributed by atoms with Crippen LogP contribution in [0.5, 0.6) is 0 Å². The van der Waals surface area contributed by atoms with Crippen LogP contribution < -0.4 is 0 Å². The molecule has 128 valence electrons. The van der Waals surface area contributed by atoms with Crippen LogP contribution in [0.4, 0.5) is 0 Å². The summed E-state index contributed by atoms with van der Waals surface area (Å²) in [5.41, 5.74) is 4.89. The number of fused-ring (bicyclic) bond motifs is 1. The van der Waals surface area contributed by atoms with Gasteiger partial charge in [0.15, 0.2) is 5.82 Å². The van der Waals surface area contributed by atoms with Gasteiger partial charge >= 0.3 is 0 Å². The zero-order valence-corrected chi connectivity index (χ0v) is 15.1. The monoisotopic (exact) mass is 333 g/mol. The van der Waals surface area contributed by atoms with E-state index in [1.54, 1.807) is 0 Å². The van der Waals surface area contributed by atoms with E-state index in [0.717, 1.165) is 17.9 Å². The average Bonchev–Trinajstić information content (AvgIpc) is 3.05. The summed E-state index contributed by atoms with van der Waals surface area (Å²) in [4.78, 5) is 2.38. The molecule has 0 spiro atoms. The molecular formula is C20H23N5. The van der Waals surface area contributed by atoms with E-state index in [4.69, 9.17) is 0 Å². The minimum absolute atomic E-state index is 0.0243. The van der Waals surface area contributed by atoms with Crippen LogP contribution in [-0.4, -0.2) is 37.7 Å². The Kier molecular flexibility index (Phi) is 3.69. The summed E-state index contributed by atoms with van der Waals surface area (Å²) in [5.74, 6) is 0.853. The predicted molar refractivity (Wildman–Crippen MR) is 97.7 cm³/mol. The van der Waals surface area contributed by atoms with E-state index in [9.17, 15) is 0 Å². The van der Waals surface area contributed by atoms with Crippen molar-refractivity contribution in [1.82, 2.24) is 25.1 Å². The van der Waals surface area contributed by atoms with Gasteiger partial charge in [-0.3, -0.25) is 4.90 Å². The van der Waals surface area contributed by atoms with E-state index >= 15 is 0 Å². The van der Waals surface area contributed by atoms with Crippen LogP contribution in [0.1, 0.15) is 42.4 Å². The third-order valence-corrected chi connectivity index (χ3v) is 5.33. The van der Waals surface area contributed by atoms with Crippen molar-refractivity contribution in [1.29, 1.82) is 0 Å². The van der Waals surface area contributed by atoms with Gasteiger partial charge in [0.1, 0.15) is 0 Å². The maximum Gasteiger partial charge on any atom is 0.178 e. The fourth-order valence-electron chi connectivity index (χ4n) is 3.66. The summed E-state index contributed by atoms with van der Waals surface area (Å²) in [6, 6.07) is 16.9. The molecule has 2 heterocycles. The Hall–Kier alpha value is -2.53. The van der Waals surface area contributed by atoms with E-state index in [2.05, 4.69) is 96.8 Å². The van der Waals surface area contributed by atoms with Crippen molar-refractivity contribution in [3.05, 3.63) is 71.0 Å². The third-order valence-electron chi connectivity index (χ3n) is 5.33. The Morgan fingerprint density at radius 2 is 1.76 bits per heavy atom. The van der Waals surface area contributed by atoms with Crippen molar-refractivity contribution in [2.75, 3.05) is 7.05 Å². The van der Waals surface area contributed by atoms with Crippen molar-refractivity contribution in [3.63, 3.8) is 0 Å². The highest BCUT2D eigenvalue weighted by Crippen LogP contribution is 2.40. The highest BCUT2D eigenvalue weighted by molar-refractivity contribution is 5.40. The topological polar surface area (TPSA) is 46.8 Å². The SMILES string of the molecule is Cc1ccc(-n2nnnc2[C@H]2c3ccccc3CC(C)(C)N2C)cc1. The standard InChI is InChI=1S/C20H23N5/c1-14-9-11-16(12-10-14)25-19(21-22-23-25)18-17-8-6-5-7-15(17)13-20(2,3)24(18)4/h5-12,18H,13H2,1-4H3/t18-/m1/s1. The van der Waals surface area contributed by atoms with Crippen LogP contribution in [0.15, 0.2) is 48.5 Å². The molecule has 0 aliphatic carbocycles. The molecule has 1 atom stereocenters. The molecule has 0 N–H and O–H groups in total. The van der Waals surface area contributed by atoms with Crippen LogP contribution in [-0.2, 0) is 6.42 Å². The summed E-state index contributed by atoms with van der Waals surface area (Å²) < 4.78 is 1.86. The van der Waals surface area contributed by atoms with Crippen LogP contribution in [0, 0.1) is 6.92 Å². The van der Waals surface area contributed by atoms with Crippen molar-refractivity contribution < 1.29 is 0 Å². The second-order valence-corrected chi connectivity index (χ2v) is 7.49. The van der Waals surface area contributed by atoms with Gasteiger partial charge in [-0.15, -0.1) is 5.10 Å². The van der Waals surface area contributed by atoms with E-state index in [1.165, 1.54) is 16.7 Å². The summed E-state index contributed by atoms with van der Waals surface area (Å²) in [7, 11) is 2.16. The molecular weight excluding hydrogens is 310 g/mol. The molecule has 0 saturated carbocycles. The zero-order valence-electron chi connectivity index (χ0n) is 15.1. The predicted octanol–water partition coefficient (Wildman–Crippen LogP) is 3.33. The number of hydrogen-bond donors (Lipinski definition) is 0. The van der Waals surface area contributed by atoms with E-state index in [0.29, 0.717) is 0 Å². The quantitative estimate of drug-likeness (QED) is 0.722. The molecule has 0 bridgehead atoms. The number of rotatable bonds is 2. The van der Waals surface area contributed by atoms with Gasteiger partial charge in [-0.1, -0.05) is 42.0 Å². The molecule has 0 saturated heterocycles. The van der Waals surface area contributed by atoms with Gasteiger partial charge in [-0.25, -0.2) is 0 Å². The zero-order chi connectivity index (χ0) is 17.6. The number of nitrogens with zero attached hydrogens (tertiary/aromatic N) is 5. The molecule has 1 aliphatic rings. The van der Waals surface area contributed by atoms with Crippen molar-refractivity contribution >= 4 is 0 Å². The molecule has 0 amide bonds. The van der Waals surface area contributed by atoms with Gasteiger partial charge in [0, 0.05) is 5.54 Å². The van der Waals surface area contributed by atoms with Crippen molar-refractivity contribution in [3.8, 4) is 5.69 Å². The summed E-state index contributed by atoms with van der Waals surface area (Å²) in [6.07, 6.45) is 1.02. The largest absolute Gasteiger partial charge is 0.287 e. The molecule has 1 aromatic heterocycles. The summed E-state index contributed by atoms with van der Waals surface area (Å²) in [6.45, 7) is 6.63. The maximum absolute atomic E-state index is 4.41. The smallest absolute Gasteiger partial charge is 0.178 e. The van der Waals surface area contributed by atoms with Crippen molar-refractivity contribution in [2.45, 2.75) is 38.8 Å². The highest BCUT2D eigenvalue weighted by atomic mass is 15.6. The first-order chi connectivity index (χ1) is 12.0. The Morgan fingerprint density at radius 1 is 1.04 bits per heavy atom. The number of benzene rings is 2. The van der Waals surface area contributed by atoms with Gasteiger partial charge in [-0.2, -0.15) is 4.68 Å². The number of tetrazole rings is 1. The minimum Gasteiger partial charge on any atom is -0.287 e. The van der Waals surface area contributed by atoms with E-state index in [-0.39, 0.29) is 11.6 Å². The Balaban J connectivity index is 1.87. The highest BCUT2D eigenvalue weighted by Gasteiger charge is 2.40. The van der Waals surface area contributed by atoms with Gasteiger partial charge in [-0.05, 0) is 67.9 Å². The fourth-order valence-corrected chi connectivity index (χ4v) is 3.66. The van der Waals surface area contributed by atoms with E-state index in [1.807, 2.05) is 4.68 Å². The normalized spacial score (nSPS) is 19.6. The lowest BCUT2D eigenvalue weighted by Gasteiger charge is -2.45. The van der Waals surface area contributed by atoms with Crippen LogP contribution in [0.3, 0.4) is 0 Å². The average molecular weight is 333 g/mol. The minimum atomic E-state index is 0.0243. The number of aromatic nitrogens is 4. The maximum atomic E-state index is 4.41. The molecule has 0 fully saturated rings. The lowest BCUT2D eigenvalue weighted by molar-refractivity contribution is 0.0993. The first-order valence-corrected chi connectivity index (χ1v) is 8.63. The summed E-state index contributed by atoms with van der Waals surface area (Å²) in [5, 5.41) is 12.7. The van der Waals surface area contributed by atoms with Crippen molar-refractivity contribution in [2.24, 2.45) is 0 Å². The lowest BCUT2D eigenvalue weighted by atomic mass is 9.81. The Morgan fingerprint density at radius 3 is 2.52 bits per heavy atom. The molecule has 1 aliphatic heterocycles. The third kappa shape index (κ3) is 2.65. The number of hydrogen-bond acceptors (Lipinski definition) is 4. The van der Waals surface area contributed by atoms with Crippen LogP contribution >= 0.6 is 0 Å². The number of likely N-dealkylation sites (N-methyl/N-ethyl adjacent to an activating group) is 1. The summed E-state index contributed by atoms with van der Waals surface area (Å²) >= 11 is 0. The van der Waals surface area contributed by atoms with Crippen LogP contribution in [0.25, 0.3) is 5.69 Å². The first-order valence-electron chi connectivity index (χ1n) is 8.63. The lowest BCUT2D eigenvalue weighted by Crippen LogP contribution is -2.49. The van der Waals surface area contributed by atoms with E-state index < -0.39 is 0 Å². The van der Waals surface area contributed by atoms with Gasteiger partial charge in [0.05, 0.1) is 11.7 Å². The molecule has 5 nitrogen and oxygen atoms in total. The van der Waals surface area contributed by atoms with Gasteiger partial charge < -0.3 is 0 Å². The Labute approximate surface area is 148 Å². The van der Waals surface area contributed by atoms with Gasteiger partial charge in [0.2, 0.25) is 0 Å². The molecule has 2 aromatic carbocycles. The number of aryl methyl sites for hydroxylation is 1.